The van der Waals surface area contributed by atoms with Gasteiger partial charge in [0.25, 0.3) is 0 Å². The Hall–Kier alpha value is 0.554. The molecule has 1 atom stereocenters. The minimum absolute atomic E-state index is 0.699. The molecule has 1 unspecified atom stereocenters. The van der Waals surface area contributed by atoms with E-state index >= 15 is 0 Å². The molecule has 0 aromatic heterocycles. The van der Waals surface area contributed by atoms with Gasteiger partial charge in [-0.3, -0.25) is 0 Å². The van der Waals surface area contributed by atoms with Crippen molar-refractivity contribution in [3.63, 3.8) is 0 Å². The van der Waals surface area contributed by atoms with E-state index < -0.39 is 17.7 Å². The van der Waals surface area contributed by atoms with Crippen LogP contribution in [0, 0.1) is 5.92 Å². The summed E-state index contributed by atoms with van der Waals surface area (Å²) in [7, 11) is 12.9. The van der Waals surface area contributed by atoms with E-state index in [1.807, 2.05) is 0 Å². The van der Waals surface area contributed by atoms with Gasteiger partial charge in [-0.15, -0.1) is 0 Å². The van der Waals surface area contributed by atoms with Crippen LogP contribution < -0.4 is 0 Å². The SMILES string of the molecule is CCCCC(CC)C[O][Ti]([N](C)C)([N](C)C)[N](C)C. The zero-order valence-corrected chi connectivity index (χ0v) is 15.9. The molecule has 0 rings (SSSR count). The Bertz CT molecular complexity index is 213. The van der Waals surface area contributed by atoms with Crippen LogP contribution in [0.1, 0.15) is 39.5 Å². The molecule has 4 nitrogen and oxygen atoms in total. The summed E-state index contributed by atoms with van der Waals surface area (Å²) in [6, 6.07) is 0. The van der Waals surface area contributed by atoms with Crippen molar-refractivity contribution in [1.82, 2.24) is 10.1 Å². The molecule has 0 heterocycles. The van der Waals surface area contributed by atoms with Gasteiger partial charge in [0.2, 0.25) is 0 Å². The monoisotopic (exact) mass is 309 g/mol. The molecule has 19 heavy (non-hydrogen) atoms. The molecule has 0 N–H and O–H groups in total. The van der Waals surface area contributed by atoms with E-state index in [1.165, 1.54) is 25.7 Å². The predicted molar refractivity (Wildman–Crippen MR) is 80.3 cm³/mol. The zero-order chi connectivity index (χ0) is 15.1. The molecule has 0 radical (unpaired) electrons. The molecule has 0 aliphatic carbocycles. The molecular formula is C14H35N3OTi. The molecule has 0 amide bonds. The van der Waals surface area contributed by atoms with Crippen LogP contribution >= 0.6 is 0 Å². The molecule has 0 saturated carbocycles. The van der Waals surface area contributed by atoms with Crippen LogP contribution in [-0.2, 0) is 21.1 Å². The molecule has 0 fully saturated rings. The molecular weight excluding hydrogens is 274 g/mol. The van der Waals surface area contributed by atoms with Crippen molar-refractivity contribution >= 4 is 0 Å². The summed E-state index contributed by atoms with van der Waals surface area (Å²) in [5, 5.41) is 0. The maximum absolute atomic E-state index is 6.53. The van der Waals surface area contributed by atoms with Crippen molar-refractivity contribution in [3.8, 4) is 0 Å². The Kier molecular flexibility index (Phi) is 9.76. The van der Waals surface area contributed by atoms with Crippen LogP contribution in [0.2, 0.25) is 0 Å². The average molecular weight is 309 g/mol. The van der Waals surface area contributed by atoms with E-state index in [1.54, 1.807) is 0 Å². The normalized spacial score (nSPS) is 14.7. The van der Waals surface area contributed by atoms with Gasteiger partial charge in [-0.25, -0.2) is 0 Å². The van der Waals surface area contributed by atoms with Gasteiger partial charge in [0.15, 0.2) is 0 Å². The molecule has 5 heteroatoms. The van der Waals surface area contributed by atoms with Gasteiger partial charge in [0.1, 0.15) is 0 Å². The van der Waals surface area contributed by atoms with Crippen LogP contribution in [0.15, 0.2) is 0 Å². The van der Waals surface area contributed by atoms with E-state index in [0.717, 1.165) is 6.61 Å². The summed E-state index contributed by atoms with van der Waals surface area (Å²) >= 11 is -2.73. The molecule has 0 saturated heterocycles. The average Bonchev–Trinajstić information content (AvgIpc) is 2.32. The number of hydrogen-bond acceptors (Lipinski definition) is 4. The molecule has 0 aromatic rings. The van der Waals surface area contributed by atoms with Gasteiger partial charge in [0, 0.05) is 0 Å². The van der Waals surface area contributed by atoms with E-state index in [9.17, 15) is 0 Å². The van der Waals surface area contributed by atoms with E-state index in [2.05, 4.69) is 66.3 Å². The second-order valence-electron chi connectivity index (χ2n) is 5.98. The molecule has 116 valence electrons. The predicted octanol–water partition coefficient (Wildman–Crippen LogP) is 2.72. The van der Waals surface area contributed by atoms with Gasteiger partial charge in [0.05, 0.1) is 0 Å². The fourth-order valence-corrected chi connectivity index (χ4v) is 8.39. The van der Waals surface area contributed by atoms with Crippen molar-refractivity contribution in [3.05, 3.63) is 0 Å². The van der Waals surface area contributed by atoms with Gasteiger partial charge in [-0.2, -0.15) is 0 Å². The van der Waals surface area contributed by atoms with E-state index in [0.29, 0.717) is 5.92 Å². The molecule has 0 aromatic carbocycles. The molecule has 0 bridgehead atoms. The van der Waals surface area contributed by atoms with Gasteiger partial charge >= 0.3 is 126 Å². The summed E-state index contributed by atoms with van der Waals surface area (Å²) in [5.74, 6) is 0.699. The Morgan fingerprint density at radius 3 is 1.68 bits per heavy atom. The first kappa shape index (κ1) is 19.6. The van der Waals surface area contributed by atoms with Crippen LogP contribution in [-0.4, -0.2) is 59.0 Å². The first-order valence-corrected chi connectivity index (χ1v) is 10.2. The quantitative estimate of drug-likeness (QED) is 0.578. The fraction of sp³-hybridized carbons (Fsp3) is 1.00. The van der Waals surface area contributed by atoms with Crippen LogP contribution in [0.25, 0.3) is 0 Å². The Morgan fingerprint density at radius 1 is 0.895 bits per heavy atom. The molecule has 0 spiro atoms. The summed E-state index contributed by atoms with van der Waals surface area (Å²) in [6.45, 7) is 5.43. The van der Waals surface area contributed by atoms with Gasteiger partial charge in [-0.05, 0) is 0 Å². The number of nitrogens with zero attached hydrogens (tertiary/aromatic N) is 3. The second-order valence-corrected chi connectivity index (χ2v) is 12.4. The zero-order valence-electron chi connectivity index (χ0n) is 14.4. The van der Waals surface area contributed by atoms with E-state index in [-0.39, 0.29) is 0 Å². The number of unbranched alkanes of at least 4 members (excludes halogenated alkanes) is 1. The topological polar surface area (TPSA) is 19.0 Å². The van der Waals surface area contributed by atoms with Crippen molar-refractivity contribution < 1.29 is 21.1 Å². The number of rotatable bonds is 10. The van der Waals surface area contributed by atoms with Gasteiger partial charge < -0.3 is 0 Å². The van der Waals surface area contributed by atoms with Crippen LogP contribution in [0.3, 0.4) is 0 Å². The fourth-order valence-electron chi connectivity index (χ4n) is 2.72. The standard InChI is InChI=1S/C8H17O.3C2H6N.Ti/c1-3-5-6-8(4-2)7-9;3*1-3-2;/h8H,3-7H2,1-2H3;3*1-2H3;/q4*-1;+4. The van der Waals surface area contributed by atoms with Crippen molar-refractivity contribution in [2.45, 2.75) is 39.5 Å². The molecule has 0 aliphatic rings. The maximum atomic E-state index is 6.53. The van der Waals surface area contributed by atoms with Crippen molar-refractivity contribution in [2.24, 2.45) is 5.92 Å². The third kappa shape index (κ3) is 5.45. The third-order valence-electron chi connectivity index (χ3n) is 3.80. The minimum atomic E-state index is -2.73. The second kappa shape index (κ2) is 9.48. The van der Waals surface area contributed by atoms with Gasteiger partial charge in [-0.1, -0.05) is 0 Å². The van der Waals surface area contributed by atoms with E-state index in [4.69, 9.17) is 3.32 Å². The first-order chi connectivity index (χ1) is 8.82. The summed E-state index contributed by atoms with van der Waals surface area (Å²) in [5.41, 5.74) is 0. The Morgan fingerprint density at radius 2 is 1.37 bits per heavy atom. The first-order valence-electron chi connectivity index (χ1n) is 7.49. The Balaban J connectivity index is 4.73. The number of hydrogen-bond donors (Lipinski definition) is 0. The van der Waals surface area contributed by atoms with Crippen LogP contribution in [0.5, 0.6) is 0 Å². The molecule has 0 aliphatic heterocycles. The van der Waals surface area contributed by atoms with Crippen molar-refractivity contribution in [1.29, 1.82) is 0 Å². The summed E-state index contributed by atoms with van der Waals surface area (Å²) < 4.78 is 13.5. The van der Waals surface area contributed by atoms with Crippen molar-refractivity contribution in [2.75, 3.05) is 48.9 Å². The van der Waals surface area contributed by atoms with Crippen LogP contribution in [0.4, 0.5) is 0 Å². The Labute approximate surface area is 125 Å². The third-order valence-corrected chi connectivity index (χ3v) is 10.1. The summed E-state index contributed by atoms with van der Waals surface area (Å²) in [6.07, 6.45) is 5.10. The summed E-state index contributed by atoms with van der Waals surface area (Å²) in [4.78, 5) is 0.